The third-order valence-corrected chi connectivity index (χ3v) is 9.87. The molecular weight excluding hydrogens is 659 g/mol. The van der Waals surface area contributed by atoms with Crippen molar-refractivity contribution in [3.8, 4) is 0 Å². The molecule has 0 spiro atoms. The highest BCUT2D eigenvalue weighted by Crippen LogP contribution is 2.38. The van der Waals surface area contributed by atoms with Crippen LogP contribution in [0.1, 0.15) is 111 Å². The third kappa shape index (κ3) is 20.5. The summed E-state index contributed by atoms with van der Waals surface area (Å²) in [4.78, 5) is 18.1. The topological polar surface area (TPSA) is 150 Å². The molecule has 0 bridgehead atoms. The van der Waals surface area contributed by atoms with Gasteiger partial charge in [0.05, 0.1) is 111 Å². The van der Waals surface area contributed by atoms with Crippen LogP contribution in [-0.2, 0) is 51.7 Å². The van der Waals surface area contributed by atoms with Gasteiger partial charge in [-0.3, -0.25) is 4.52 Å². The van der Waals surface area contributed by atoms with Crippen LogP contribution in [0, 0.1) is 0 Å². The highest BCUT2D eigenvalue weighted by Gasteiger charge is 2.30. The van der Waals surface area contributed by atoms with E-state index in [9.17, 15) is 4.57 Å². The van der Waals surface area contributed by atoms with Crippen LogP contribution in [0.2, 0.25) is 0 Å². The van der Waals surface area contributed by atoms with Crippen LogP contribution < -0.4 is 0 Å². The Morgan fingerprint density at radius 3 is 0.776 bits per heavy atom. The minimum absolute atomic E-state index is 0.0625. The van der Waals surface area contributed by atoms with Crippen molar-refractivity contribution < 1.29 is 61.5 Å². The van der Waals surface area contributed by atoms with Gasteiger partial charge in [-0.15, -0.1) is 0 Å². The summed E-state index contributed by atoms with van der Waals surface area (Å²) in [5, 5.41) is 0. The first-order chi connectivity index (χ1) is 22.5. The van der Waals surface area contributed by atoms with E-state index < -0.39 is 20.0 Å². The molecule has 296 valence electrons. The lowest BCUT2D eigenvalue weighted by Gasteiger charge is -2.34. The summed E-state index contributed by atoms with van der Waals surface area (Å²) in [6.45, 7) is 31.9. The second-order valence-corrected chi connectivity index (χ2v) is 14.9. The molecule has 0 aliphatic carbocycles. The highest BCUT2D eigenvalue weighted by molar-refractivity contribution is 7.46. The molecule has 49 heavy (non-hydrogen) atoms. The first kappa shape index (κ1) is 48.8. The Balaban J connectivity index is 4.75. The third-order valence-electron chi connectivity index (χ3n) is 9.27. The SMILES string of the molecule is COCCOC(C)C(C)OC(C)C(C)OC(C)C(C)OC(C)C(C)OC(C)C(C)OC(C)C(C)OC(C)C(C)OC(C)C(C)OP(=O)(O)O. The molecule has 0 saturated heterocycles. The van der Waals surface area contributed by atoms with Crippen LogP contribution in [0.5, 0.6) is 0 Å². The summed E-state index contributed by atoms with van der Waals surface area (Å²) < 4.78 is 70.1. The average molecular weight is 733 g/mol. The number of ether oxygens (including phenoxy) is 9. The Hall–Kier alpha value is -0.250. The number of hydrogen-bond donors (Lipinski definition) is 2. The summed E-state index contributed by atoms with van der Waals surface area (Å²) in [6, 6.07) is 0. The van der Waals surface area contributed by atoms with Crippen molar-refractivity contribution in [2.45, 2.75) is 208 Å². The van der Waals surface area contributed by atoms with E-state index in [1.807, 2.05) is 96.9 Å². The Kier molecular flexibility index (Phi) is 24.0. The zero-order chi connectivity index (χ0) is 38.2. The zero-order valence-electron chi connectivity index (χ0n) is 33.5. The smallest absolute Gasteiger partial charge is 0.382 e. The normalized spacial score (nSPS) is 22.8. The molecule has 0 heterocycles. The van der Waals surface area contributed by atoms with Crippen molar-refractivity contribution in [3.05, 3.63) is 0 Å². The predicted octanol–water partition coefficient (Wildman–Crippen LogP) is 6.09. The predicted molar refractivity (Wildman–Crippen MR) is 190 cm³/mol. The van der Waals surface area contributed by atoms with E-state index in [0.717, 1.165) is 0 Å². The Morgan fingerprint density at radius 2 is 0.571 bits per heavy atom. The zero-order valence-corrected chi connectivity index (χ0v) is 34.4. The monoisotopic (exact) mass is 732 g/mol. The van der Waals surface area contributed by atoms with Crippen LogP contribution in [0.15, 0.2) is 0 Å². The Morgan fingerprint density at radius 1 is 0.367 bits per heavy atom. The Labute approximate surface area is 297 Å². The van der Waals surface area contributed by atoms with E-state index in [1.54, 1.807) is 21.0 Å². The van der Waals surface area contributed by atoms with Crippen molar-refractivity contribution in [3.63, 3.8) is 0 Å². The van der Waals surface area contributed by atoms with Gasteiger partial charge in [-0.05, 0) is 111 Å². The highest BCUT2D eigenvalue weighted by atomic mass is 31.2. The number of rotatable bonds is 28. The van der Waals surface area contributed by atoms with E-state index in [-0.39, 0.29) is 85.5 Å². The van der Waals surface area contributed by atoms with Crippen molar-refractivity contribution in [2.24, 2.45) is 0 Å². The first-order valence-corrected chi connectivity index (χ1v) is 19.5. The maximum absolute atomic E-state index is 11.1. The molecule has 0 aromatic rings. The van der Waals surface area contributed by atoms with Crippen LogP contribution >= 0.6 is 7.82 Å². The molecule has 0 aromatic carbocycles. The molecule has 16 unspecified atom stereocenters. The molecule has 0 amide bonds. The number of methoxy groups -OCH3 is 1. The minimum atomic E-state index is -4.60. The fraction of sp³-hybridized carbons (Fsp3) is 1.00. The van der Waals surface area contributed by atoms with Gasteiger partial charge < -0.3 is 52.4 Å². The quantitative estimate of drug-likeness (QED) is 0.0706. The van der Waals surface area contributed by atoms with E-state index in [1.165, 1.54) is 0 Å². The van der Waals surface area contributed by atoms with Gasteiger partial charge in [0.25, 0.3) is 0 Å². The number of phosphoric acid groups is 1. The van der Waals surface area contributed by atoms with E-state index in [2.05, 4.69) is 0 Å². The molecule has 16 atom stereocenters. The summed E-state index contributed by atoms with van der Waals surface area (Å²) in [7, 11) is -2.95. The van der Waals surface area contributed by atoms with Crippen molar-refractivity contribution >= 4 is 7.82 Å². The average Bonchev–Trinajstić information content (AvgIpc) is 2.99. The van der Waals surface area contributed by atoms with E-state index in [0.29, 0.717) is 13.2 Å². The summed E-state index contributed by atoms with van der Waals surface area (Å²) in [6.07, 6.45) is -4.10. The summed E-state index contributed by atoms with van der Waals surface area (Å²) in [5.41, 5.74) is 0. The summed E-state index contributed by atoms with van der Waals surface area (Å²) in [5.74, 6) is 0. The molecule has 0 aliphatic heterocycles. The maximum atomic E-state index is 11.1. The van der Waals surface area contributed by atoms with Crippen molar-refractivity contribution in [2.75, 3.05) is 20.3 Å². The van der Waals surface area contributed by atoms with Gasteiger partial charge in [0, 0.05) is 7.11 Å². The maximum Gasteiger partial charge on any atom is 0.469 e. The lowest BCUT2D eigenvalue weighted by atomic mass is 10.1. The first-order valence-electron chi connectivity index (χ1n) is 17.9. The molecular formula is C35H73O13P. The molecule has 14 heteroatoms. The van der Waals surface area contributed by atoms with Crippen LogP contribution in [-0.4, -0.2) is 128 Å². The fourth-order valence-electron chi connectivity index (χ4n) is 4.67. The molecule has 0 aliphatic rings. The molecule has 13 nitrogen and oxygen atoms in total. The van der Waals surface area contributed by atoms with Gasteiger partial charge in [0.15, 0.2) is 0 Å². The molecule has 2 N–H and O–H groups in total. The van der Waals surface area contributed by atoms with Gasteiger partial charge in [-0.1, -0.05) is 0 Å². The van der Waals surface area contributed by atoms with E-state index >= 15 is 0 Å². The second kappa shape index (κ2) is 24.1. The molecule has 0 rings (SSSR count). The van der Waals surface area contributed by atoms with Gasteiger partial charge in [-0.2, -0.15) is 0 Å². The molecule has 0 saturated carbocycles. The largest absolute Gasteiger partial charge is 0.469 e. The summed E-state index contributed by atoms with van der Waals surface area (Å²) >= 11 is 0. The standard InChI is InChI=1S/C35H73O13P/c1-20(40-19-18-39-17)21(2)41-22(3)23(4)42-24(5)25(6)43-26(7)27(8)44-28(9)29(10)45-30(11)31(12)46-32(13)33(14)47-34(15)35(16)48-49(36,37)38/h20-35H,18-19H2,1-17H3,(H2,36,37,38). The Bertz CT molecular complexity index is 894. The van der Waals surface area contributed by atoms with Crippen molar-refractivity contribution in [1.29, 1.82) is 0 Å². The van der Waals surface area contributed by atoms with Crippen LogP contribution in [0.3, 0.4) is 0 Å². The number of phosphoric ester groups is 1. The van der Waals surface area contributed by atoms with E-state index in [4.69, 9.17) is 56.9 Å². The second-order valence-electron chi connectivity index (χ2n) is 13.7. The fourth-order valence-corrected chi connectivity index (χ4v) is 5.28. The molecule has 0 radical (unpaired) electrons. The minimum Gasteiger partial charge on any atom is -0.382 e. The lowest BCUT2D eigenvalue weighted by Crippen LogP contribution is -2.42. The van der Waals surface area contributed by atoms with Crippen molar-refractivity contribution in [1.82, 2.24) is 0 Å². The van der Waals surface area contributed by atoms with Gasteiger partial charge in [-0.25, -0.2) is 4.57 Å². The lowest BCUT2D eigenvalue weighted by molar-refractivity contribution is -0.186. The van der Waals surface area contributed by atoms with Gasteiger partial charge in [0.2, 0.25) is 0 Å². The van der Waals surface area contributed by atoms with Crippen LogP contribution in [0.4, 0.5) is 0 Å². The van der Waals surface area contributed by atoms with Crippen LogP contribution in [0.25, 0.3) is 0 Å². The molecule has 0 fully saturated rings. The van der Waals surface area contributed by atoms with Gasteiger partial charge >= 0.3 is 7.82 Å². The number of hydrogen-bond acceptors (Lipinski definition) is 11. The van der Waals surface area contributed by atoms with Gasteiger partial charge in [0.1, 0.15) is 0 Å². The molecule has 0 aromatic heterocycles.